The number of carbonyl (C=O) groups excluding carboxylic acids is 1. The summed E-state index contributed by atoms with van der Waals surface area (Å²) < 4.78 is 4.91. The zero-order chi connectivity index (χ0) is 12.4. The molecule has 0 saturated heterocycles. The van der Waals surface area contributed by atoms with Crippen LogP contribution in [0, 0.1) is 6.92 Å². The van der Waals surface area contributed by atoms with Gasteiger partial charge in [0.25, 0.3) is 0 Å². The number of aromatic nitrogens is 1. The molecule has 0 bridgehead atoms. The van der Waals surface area contributed by atoms with Crippen LogP contribution in [0.25, 0.3) is 0 Å². The Hall–Kier alpha value is -2.43. The van der Waals surface area contributed by atoms with Crippen LogP contribution in [0.3, 0.4) is 0 Å². The van der Waals surface area contributed by atoms with Crippen molar-refractivity contribution in [1.82, 2.24) is 4.98 Å². The fourth-order valence-electron chi connectivity index (χ4n) is 1.37. The summed E-state index contributed by atoms with van der Waals surface area (Å²) in [5.41, 5.74) is 0.942. The van der Waals surface area contributed by atoms with Crippen molar-refractivity contribution in [1.29, 1.82) is 0 Å². The van der Waals surface area contributed by atoms with E-state index >= 15 is 0 Å². The number of rotatable bonds is 3. The number of nitrogens with zero attached hydrogens (tertiary/aromatic N) is 1. The van der Waals surface area contributed by atoms with Crippen molar-refractivity contribution in [2.24, 2.45) is 0 Å². The van der Waals surface area contributed by atoms with Crippen LogP contribution in [0.5, 0.6) is 0 Å². The number of aryl methyl sites for hydroxylation is 1. The van der Waals surface area contributed by atoms with Crippen molar-refractivity contribution in [2.45, 2.75) is 6.92 Å². The maximum Gasteiger partial charge on any atom is 0.371 e. The predicted octanol–water partition coefficient (Wildman–Crippen LogP) is 1.91. The molecule has 0 aliphatic carbocycles. The minimum atomic E-state index is -1.21. The molecule has 2 aromatic heterocycles. The number of aromatic carboxylic acids is 1. The van der Waals surface area contributed by atoms with Gasteiger partial charge in [-0.1, -0.05) is 6.07 Å². The molecule has 0 aliphatic rings. The summed E-state index contributed by atoms with van der Waals surface area (Å²) in [6, 6.07) is 7.59. The van der Waals surface area contributed by atoms with E-state index in [1.165, 1.54) is 12.1 Å². The lowest BCUT2D eigenvalue weighted by Gasteiger charge is -1.97. The van der Waals surface area contributed by atoms with Gasteiger partial charge >= 0.3 is 5.97 Å². The molecular weight excluding hydrogens is 222 g/mol. The van der Waals surface area contributed by atoms with Crippen molar-refractivity contribution in [2.75, 3.05) is 0 Å². The summed E-state index contributed by atoms with van der Waals surface area (Å²) in [7, 11) is 0. The van der Waals surface area contributed by atoms with Crippen LogP contribution in [0.4, 0.5) is 0 Å². The number of hydrogen-bond donors (Lipinski definition) is 1. The fraction of sp³-hybridized carbons (Fsp3) is 0.0833. The lowest BCUT2D eigenvalue weighted by Crippen LogP contribution is -2.03. The van der Waals surface area contributed by atoms with Crippen LogP contribution in [-0.2, 0) is 0 Å². The Morgan fingerprint density at radius 3 is 2.47 bits per heavy atom. The van der Waals surface area contributed by atoms with Gasteiger partial charge in [0.2, 0.25) is 11.5 Å². The summed E-state index contributed by atoms with van der Waals surface area (Å²) in [5, 5.41) is 8.67. The quantitative estimate of drug-likeness (QED) is 0.816. The topological polar surface area (TPSA) is 80.4 Å². The second-order valence-corrected chi connectivity index (χ2v) is 3.46. The molecule has 2 aromatic rings. The molecule has 17 heavy (non-hydrogen) atoms. The summed E-state index contributed by atoms with van der Waals surface area (Å²) in [6.07, 6.45) is 0. The summed E-state index contributed by atoms with van der Waals surface area (Å²) in [4.78, 5) is 26.5. The highest BCUT2D eigenvalue weighted by Crippen LogP contribution is 2.12. The molecule has 0 saturated carbocycles. The molecule has 2 heterocycles. The minimum absolute atomic E-state index is 0.0273. The SMILES string of the molecule is Cc1cccc(C(=O)c2ccc(C(=O)O)o2)n1. The second kappa shape index (κ2) is 4.21. The van der Waals surface area contributed by atoms with Crippen molar-refractivity contribution in [3.8, 4) is 0 Å². The molecule has 86 valence electrons. The third-order valence-electron chi connectivity index (χ3n) is 2.16. The number of carboxylic acid groups (broad SMARTS) is 1. The maximum atomic E-state index is 11.9. The van der Waals surface area contributed by atoms with Gasteiger partial charge in [-0.05, 0) is 31.2 Å². The van der Waals surface area contributed by atoms with Gasteiger partial charge in [0.1, 0.15) is 5.69 Å². The van der Waals surface area contributed by atoms with Crippen molar-refractivity contribution in [3.63, 3.8) is 0 Å². The third-order valence-corrected chi connectivity index (χ3v) is 2.16. The minimum Gasteiger partial charge on any atom is -0.475 e. The molecule has 5 heteroatoms. The van der Waals surface area contributed by atoms with E-state index < -0.39 is 11.8 Å². The van der Waals surface area contributed by atoms with Crippen LogP contribution < -0.4 is 0 Å². The molecule has 0 spiro atoms. The van der Waals surface area contributed by atoms with Crippen molar-refractivity contribution < 1.29 is 19.1 Å². The Labute approximate surface area is 96.7 Å². The number of ketones is 1. The number of hydrogen-bond acceptors (Lipinski definition) is 4. The van der Waals surface area contributed by atoms with Gasteiger partial charge in [-0.2, -0.15) is 0 Å². The number of carboxylic acids is 1. The molecule has 0 radical (unpaired) electrons. The van der Waals surface area contributed by atoms with Crippen LogP contribution in [0.2, 0.25) is 0 Å². The molecule has 0 atom stereocenters. The molecule has 0 unspecified atom stereocenters. The molecule has 0 amide bonds. The highest BCUT2D eigenvalue weighted by molar-refractivity contribution is 6.06. The lowest BCUT2D eigenvalue weighted by atomic mass is 10.2. The van der Waals surface area contributed by atoms with Crippen LogP contribution >= 0.6 is 0 Å². The Morgan fingerprint density at radius 2 is 1.88 bits per heavy atom. The summed E-state index contributed by atoms with van der Waals surface area (Å²) >= 11 is 0. The first kappa shape index (κ1) is 11.1. The Morgan fingerprint density at radius 1 is 1.18 bits per heavy atom. The number of furan rings is 1. The Kier molecular flexibility index (Phi) is 2.74. The van der Waals surface area contributed by atoms with Crippen molar-refractivity contribution >= 4 is 11.8 Å². The number of pyridine rings is 1. The molecule has 1 N–H and O–H groups in total. The highest BCUT2D eigenvalue weighted by Gasteiger charge is 2.17. The van der Waals surface area contributed by atoms with Gasteiger partial charge in [0.05, 0.1) is 0 Å². The van der Waals surface area contributed by atoms with Gasteiger partial charge < -0.3 is 9.52 Å². The standard InChI is InChI=1S/C12H9NO4/c1-7-3-2-4-8(13-7)11(14)9-5-6-10(17-9)12(15)16/h2-6H,1H3,(H,15,16). The molecular formula is C12H9NO4. The van der Waals surface area contributed by atoms with E-state index in [0.717, 1.165) is 0 Å². The predicted molar refractivity (Wildman–Crippen MR) is 58.1 cm³/mol. The van der Waals surface area contributed by atoms with E-state index in [2.05, 4.69) is 4.98 Å². The third kappa shape index (κ3) is 2.23. The average molecular weight is 231 g/mol. The van der Waals surface area contributed by atoms with Gasteiger partial charge in [0.15, 0.2) is 5.76 Å². The molecule has 2 rings (SSSR count). The first-order valence-electron chi connectivity index (χ1n) is 4.89. The summed E-state index contributed by atoms with van der Waals surface area (Å²) in [6.45, 7) is 1.77. The van der Waals surface area contributed by atoms with Gasteiger partial charge in [-0.3, -0.25) is 4.79 Å². The van der Waals surface area contributed by atoms with E-state index in [1.54, 1.807) is 25.1 Å². The fourth-order valence-corrected chi connectivity index (χ4v) is 1.37. The van der Waals surface area contributed by atoms with Crippen LogP contribution in [-0.4, -0.2) is 21.8 Å². The van der Waals surface area contributed by atoms with Gasteiger partial charge in [0, 0.05) is 5.69 Å². The molecule has 0 aliphatic heterocycles. The average Bonchev–Trinajstić information content (AvgIpc) is 2.77. The second-order valence-electron chi connectivity index (χ2n) is 3.46. The molecule has 0 aromatic carbocycles. The van der Waals surface area contributed by atoms with Crippen molar-refractivity contribution in [3.05, 3.63) is 53.2 Å². The molecule has 5 nitrogen and oxygen atoms in total. The maximum absolute atomic E-state index is 11.9. The molecule has 0 fully saturated rings. The zero-order valence-corrected chi connectivity index (χ0v) is 9.01. The summed E-state index contributed by atoms with van der Waals surface area (Å²) in [5.74, 6) is -1.93. The van der Waals surface area contributed by atoms with E-state index in [0.29, 0.717) is 5.69 Å². The highest BCUT2D eigenvalue weighted by atomic mass is 16.4. The van der Waals surface area contributed by atoms with E-state index in [-0.39, 0.29) is 17.2 Å². The normalized spacial score (nSPS) is 10.2. The first-order valence-corrected chi connectivity index (χ1v) is 4.89. The zero-order valence-electron chi connectivity index (χ0n) is 9.01. The first-order chi connectivity index (χ1) is 8.08. The van der Waals surface area contributed by atoms with Crippen LogP contribution in [0.1, 0.15) is 32.5 Å². The number of carbonyl (C=O) groups is 2. The Bertz CT molecular complexity index is 586. The van der Waals surface area contributed by atoms with Crippen LogP contribution in [0.15, 0.2) is 34.7 Å². The van der Waals surface area contributed by atoms with Gasteiger partial charge in [-0.25, -0.2) is 9.78 Å². The lowest BCUT2D eigenvalue weighted by molar-refractivity contribution is 0.0660. The smallest absolute Gasteiger partial charge is 0.371 e. The van der Waals surface area contributed by atoms with E-state index in [4.69, 9.17) is 9.52 Å². The Balaban J connectivity index is 2.34. The largest absolute Gasteiger partial charge is 0.475 e. The monoisotopic (exact) mass is 231 g/mol. The van der Waals surface area contributed by atoms with Gasteiger partial charge in [-0.15, -0.1) is 0 Å². The van der Waals surface area contributed by atoms with E-state index in [9.17, 15) is 9.59 Å². The van der Waals surface area contributed by atoms with E-state index in [1.807, 2.05) is 0 Å².